The Morgan fingerprint density at radius 1 is 0.765 bits per heavy atom. The van der Waals surface area contributed by atoms with E-state index in [4.69, 9.17) is 11.6 Å². The average molecular weight is 472 g/mol. The van der Waals surface area contributed by atoms with Crippen LogP contribution in [0.4, 0.5) is 5.69 Å². The number of piperazine rings is 1. The smallest absolute Gasteiger partial charge is 0.251 e. The van der Waals surface area contributed by atoms with Crippen LogP contribution >= 0.6 is 11.6 Å². The Morgan fingerprint density at radius 3 is 2.21 bits per heavy atom. The highest BCUT2D eigenvalue weighted by Crippen LogP contribution is 2.26. The van der Waals surface area contributed by atoms with Crippen LogP contribution in [0.3, 0.4) is 0 Å². The molecule has 0 atom stereocenters. The van der Waals surface area contributed by atoms with Gasteiger partial charge in [0, 0.05) is 38.3 Å². The van der Waals surface area contributed by atoms with Crippen molar-refractivity contribution in [1.82, 2.24) is 10.2 Å². The van der Waals surface area contributed by atoms with Gasteiger partial charge in [0.15, 0.2) is 0 Å². The van der Waals surface area contributed by atoms with Crippen LogP contribution in [0, 0.1) is 0 Å². The molecule has 1 N–H and O–H groups in total. The Bertz CT molecular complexity index is 1300. The number of carbonyl (C=O) groups is 1. The number of anilines is 1. The van der Waals surface area contributed by atoms with Gasteiger partial charge in [-0.15, -0.1) is 0 Å². The number of fused-ring (bicyclic) bond motifs is 2. The minimum atomic E-state index is 0.00316. The first-order chi connectivity index (χ1) is 16.7. The molecule has 1 fully saturated rings. The minimum Gasteiger partial charge on any atom is -0.368 e. The molecule has 4 aromatic carbocycles. The zero-order chi connectivity index (χ0) is 23.3. The summed E-state index contributed by atoms with van der Waals surface area (Å²) in [7, 11) is 0. The van der Waals surface area contributed by atoms with Gasteiger partial charge in [0.25, 0.3) is 5.91 Å². The number of amides is 1. The van der Waals surface area contributed by atoms with Crippen molar-refractivity contribution in [3.05, 3.63) is 89.4 Å². The van der Waals surface area contributed by atoms with Crippen molar-refractivity contribution >= 4 is 44.7 Å². The minimum absolute atomic E-state index is 0.00316. The second-order valence-corrected chi connectivity index (χ2v) is 9.41. The lowest BCUT2D eigenvalue weighted by molar-refractivity contribution is 0.0952. The number of rotatable bonds is 7. The highest BCUT2D eigenvalue weighted by Gasteiger charge is 2.18. The number of unbranched alkanes of at least 4 members (excludes halogenated alkanes) is 1. The number of hydrogen-bond acceptors (Lipinski definition) is 3. The zero-order valence-corrected chi connectivity index (χ0v) is 20.1. The Labute approximate surface area is 206 Å². The molecule has 0 aromatic heterocycles. The van der Waals surface area contributed by atoms with E-state index in [0.717, 1.165) is 72.6 Å². The van der Waals surface area contributed by atoms with E-state index >= 15 is 0 Å². The molecule has 0 aliphatic carbocycles. The molecule has 4 nitrogen and oxygen atoms in total. The molecule has 0 spiro atoms. The molecular formula is C29H30ClN3O. The van der Waals surface area contributed by atoms with Crippen LogP contribution in [0.5, 0.6) is 0 Å². The fraction of sp³-hybridized carbons (Fsp3) is 0.276. The summed E-state index contributed by atoms with van der Waals surface area (Å²) >= 11 is 6.34. The summed E-state index contributed by atoms with van der Waals surface area (Å²) in [6.07, 6.45) is 2.06. The normalized spacial score (nSPS) is 14.6. The largest absolute Gasteiger partial charge is 0.368 e. The van der Waals surface area contributed by atoms with E-state index in [0.29, 0.717) is 6.54 Å². The quantitative estimate of drug-likeness (QED) is 0.266. The fourth-order valence-electron chi connectivity index (χ4n) is 4.77. The lowest BCUT2D eigenvalue weighted by atomic mass is 10.0. The first kappa shape index (κ1) is 22.7. The van der Waals surface area contributed by atoms with Crippen molar-refractivity contribution in [2.24, 2.45) is 0 Å². The summed E-state index contributed by atoms with van der Waals surface area (Å²) in [6, 6.07) is 26.7. The summed E-state index contributed by atoms with van der Waals surface area (Å²) in [5.74, 6) is 0.00316. The van der Waals surface area contributed by atoms with Crippen LogP contribution < -0.4 is 10.2 Å². The topological polar surface area (TPSA) is 35.6 Å². The van der Waals surface area contributed by atoms with Crippen molar-refractivity contribution in [1.29, 1.82) is 0 Å². The van der Waals surface area contributed by atoms with E-state index in [2.05, 4.69) is 51.5 Å². The van der Waals surface area contributed by atoms with E-state index in [1.807, 2.05) is 42.5 Å². The molecule has 5 heteroatoms. The highest BCUT2D eigenvalue weighted by molar-refractivity contribution is 6.33. The predicted octanol–water partition coefficient (Wildman–Crippen LogP) is 5.98. The molecule has 1 saturated heterocycles. The molecule has 0 bridgehead atoms. The number of nitrogens with one attached hydrogen (secondary N) is 1. The van der Waals surface area contributed by atoms with Gasteiger partial charge >= 0.3 is 0 Å². The van der Waals surface area contributed by atoms with Gasteiger partial charge in [-0.3, -0.25) is 9.69 Å². The molecule has 1 aliphatic heterocycles. The Morgan fingerprint density at radius 2 is 1.44 bits per heavy atom. The summed E-state index contributed by atoms with van der Waals surface area (Å²) in [5.41, 5.74) is 1.85. The molecule has 0 radical (unpaired) electrons. The molecular weight excluding hydrogens is 442 g/mol. The number of carbonyl (C=O) groups excluding carboxylic acids is 1. The third-order valence-corrected chi connectivity index (χ3v) is 7.04. The second-order valence-electron chi connectivity index (χ2n) is 9.00. The third kappa shape index (κ3) is 5.19. The number of halogens is 1. The van der Waals surface area contributed by atoms with E-state index in [-0.39, 0.29) is 5.91 Å². The summed E-state index contributed by atoms with van der Waals surface area (Å²) < 4.78 is 0. The van der Waals surface area contributed by atoms with E-state index < -0.39 is 0 Å². The highest BCUT2D eigenvalue weighted by atomic mass is 35.5. The van der Waals surface area contributed by atoms with Gasteiger partial charge < -0.3 is 10.2 Å². The van der Waals surface area contributed by atoms with Gasteiger partial charge in [0.05, 0.1) is 10.7 Å². The number of benzene rings is 4. The van der Waals surface area contributed by atoms with Crippen LogP contribution in [0.25, 0.3) is 21.5 Å². The first-order valence-electron chi connectivity index (χ1n) is 12.1. The maximum absolute atomic E-state index is 12.7. The Hall–Kier alpha value is -3.08. The van der Waals surface area contributed by atoms with Gasteiger partial charge in [-0.05, 0) is 77.3 Å². The molecule has 0 saturated carbocycles. The zero-order valence-electron chi connectivity index (χ0n) is 19.3. The molecule has 1 amide bonds. The maximum atomic E-state index is 12.7. The van der Waals surface area contributed by atoms with Gasteiger partial charge in [-0.2, -0.15) is 0 Å². The number of nitrogens with zero attached hydrogens (tertiary/aromatic N) is 2. The van der Waals surface area contributed by atoms with Crippen LogP contribution in [0.15, 0.2) is 78.9 Å². The average Bonchev–Trinajstić information content (AvgIpc) is 2.87. The van der Waals surface area contributed by atoms with Gasteiger partial charge in [0.2, 0.25) is 0 Å². The summed E-state index contributed by atoms with van der Waals surface area (Å²) in [4.78, 5) is 17.5. The third-order valence-electron chi connectivity index (χ3n) is 6.72. The van der Waals surface area contributed by atoms with E-state index in [1.165, 1.54) is 10.8 Å². The van der Waals surface area contributed by atoms with Crippen molar-refractivity contribution in [2.45, 2.75) is 12.8 Å². The lowest BCUT2D eigenvalue weighted by Gasteiger charge is -2.36. The lowest BCUT2D eigenvalue weighted by Crippen LogP contribution is -2.46. The number of para-hydroxylation sites is 1. The van der Waals surface area contributed by atoms with Crippen LogP contribution in [-0.4, -0.2) is 50.1 Å². The van der Waals surface area contributed by atoms with Crippen molar-refractivity contribution in [3.63, 3.8) is 0 Å². The van der Waals surface area contributed by atoms with Crippen molar-refractivity contribution in [2.75, 3.05) is 44.2 Å². The van der Waals surface area contributed by atoms with Gasteiger partial charge in [0.1, 0.15) is 0 Å². The summed E-state index contributed by atoms with van der Waals surface area (Å²) in [5, 5.41) is 8.59. The first-order valence-corrected chi connectivity index (χ1v) is 12.5. The van der Waals surface area contributed by atoms with E-state index in [1.54, 1.807) is 0 Å². The molecule has 0 unspecified atom stereocenters. The summed E-state index contributed by atoms with van der Waals surface area (Å²) in [6.45, 7) is 5.85. The molecule has 34 heavy (non-hydrogen) atoms. The van der Waals surface area contributed by atoms with Crippen molar-refractivity contribution in [3.8, 4) is 0 Å². The van der Waals surface area contributed by atoms with Crippen LogP contribution in [-0.2, 0) is 0 Å². The molecule has 1 aliphatic rings. The van der Waals surface area contributed by atoms with Gasteiger partial charge in [-0.25, -0.2) is 0 Å². The van der Waals surface area contributed by atoms with Crippen LogP contribution in [0.1, 0.15) is 23.2 Å². The van der Waals surface area contributed by atoms with Crippen molar-refractivity contribution < 1.29 is 4.79 Å². The molecule has 4 aromatic rings. The molecule has 1 heterocycles. The Kier molecular flexibility index (Phi) is 6.98. The SMILES string of the molecule is O=C(NCCCCN1CCN(c2ccccc2Cl)CC1)c1ccc2cc3ccccc3cc2c1. The molecule has 5 rings (SSSR count). The Balaban J connectivity index is 1.06. The fourth-order valence-corrected chi connectivity index (χ4v) is 5.02. The van der Waals surface area contributed by atoms with E-state index in [9.17, 15) is 4.79 Å². The molecule has 174 valence electrons. The monoisotopic (exact) mass is 471 g/mol. The predicted molar refractivity (Wildman–Crippen MR) is 143 cm³/mol. The van der Waals surface area contributed by atoms with Gasteiger partial charge in [-0.1, -0.05) is 54.1 Å². The number of hydrogen-bond donors (Lipinski definition) is 1. The standard InChI is InChI=1S/C29H30ClN3O/c30-27-9-3-4-10-28(27)33-17-15-32(16-18-33)14-6-5-13-31-29(34)25-12-11-24-19-22-7-1-2-8-23(22)20-26(24)21-25/h1-4,7-12,19-21H,5-6,13-18H2,(H,31,34). The second kappa shape index (κ2) is 10.5. The van der Waals surface area contributed by atoms with Crippen LogP contribution in [0.2, 0.25) is 5.02 Å². The maximum Gasteiger partial charge on any atom is 0.251 e.